The Morgan fingerprint density at radius 2 is 1.96 bits per heavy atom. The number of amides is 2. The van der Waals surface area contributed by atoms with E-state index in [1.807, 2.05) is 20.8 Å². The topological polar surface area (TPSA) is 65.8 Å². The van der Waals surface area contributed by atoms with Crippen molar-refractivity contribution in [2.45, 2.75) is 65.8 Å². The highest BCUT2D eigenvalue weighted by molar-refractivity contribution is 5.95. The van der Waals surface area contributed by atoms with Crippen LogP contribution in [0.3, 0.4) is 0 Å². The van der Waals surface area contributed by atoms with Crippen molar-refractivity contribution >= 4 is 11.8 Å². The quantitative estimate of drug-likeness (QED) is 0.718. The lowest BCUT2D eigenvalue weighted by atomic mass is 10.1. The van der Waals surface area contributed by atoms with Gasteiger partial charge in [-0.3, -0.25) is 9.59 Å². The molecule has 1 atom stereocenters. The van der Waals surface area contributed by atoms with Gasteiger partial charge in [-0.1, -0.05) is 13.3 Å². The minimum atomic E-state index is -0.0557. The van der Waals surface area contributed by atoms with Crippen molar-refractivity contribution in [3.63, 3.8) is 0 Å². The van der Waals surface area contributed by atoms with Crippen LogP contribution in [0, 0.1) is 13.8 Å². The Morgan fingerprint density at radius 1 is 1.26 bits per heavy atom. The van der Waals surface area contributed by atoms with Gasteiger partial charge in [0, 0.05) is 32.1 Å². The van der Waals surface area contributed by atoms with Crippen LogP contribution in [0.2, 0.25) is 0 Å². The third-order valence-electron chi connectivity index (χ3n) is 5.43. The summed E-state index contributed by atoms with van der Waals surface area (Å²) in [6.45, 7) is 12.0. The summed E-state index contributed by atoms with van der Waals surface area (Å²) in [6.07, 6.45) is 5.00. The lowest BCUT2D eigenvalue weighted by Crippen LogP contribution is -2.42. The van der Waals surface area contributed by atoms with Crippen LogP contribution in [0.4, 0.5) is 0 Å². The molecule has 1 N–H and O–H groups in total. The van der Waals surface area contributed by atoms with Crippen LogP contribution in [0.15, 0.2) is 10.5 Å². The molecule has 0 spiro atoms. The summed E-state index contributed by atoms with van der Waals surface area (Å²) < 4.78 is 5.50. The normalized spacial score (nSPS) is 16.1. The van der Waals surface area contributed by atoms with Gasteiger partial charge in [0.25, 0.3) is 5.91 Å². The van der Waals surface area contributed by atoms with E-state index in [0.29, 0.717) is 30.8 Å². The van der Waals surface area contributed by atoms with E-state index in [0.717, 1.165) is 31.8 Å². The van der Waals surface area contributed by atoms with Gasteiger partial charge in [-0.05, 0) is 59.2 Å². The number of rotatable bonds is 9. The van der Waals surface area contributed by atoms with Crippen molar-refractivity contribution < 1.29 is 14.0 Å². The second-order valence-corrected chi connectivity index (χ2v) is 7.58. The average Bonchev–Trinajstić information content (AvgIpc) is 3.00. The Hall–Kier alpha value is -1.82. The second kappa shape index (κ2) is 10.5. The Labute approximate surface area is 163 Å². The molecule has 2 heterocycles. The van der Waals surface area contributed by atoms with Crippen LogP contribution >= 0.6 is 0 Å². The number of aryl methyl sites for hydroxylation is 2. The van der Waals surface area contributed by atoms with Gasteiger partial charge in [-0.25, -0.2) is 0 Å². The molecule has 0 radical (unpaired) electrons. The largest absolute Gasteiger partial charge is 0.466 e. The summed E-state index contributed by atoms with van der Waals surface area (Å²) in [6, 6.07) is 1.86. The molecule has 2 rings (SSSR count). The van der Waals surface area contributed by atoms with Gasteiger partial charge in [0.15, 0.2) is 0 Å². The smallest absolute Gasteiger partial charge is 0.257 e. The van der Waals surface area contributed by atoms with E-state index in [9.17, 15) is 9.59 Å². The molecule has 1 aromatic heterocycles. The molecule has 1 saturated heterocycles. The van der Waals surface area contributed by atoms with Gasteiger partial charge in [0.1, 0.15) is 11.5 Å². The van der Waals surface area contributed by atoms with E-state index in [2.05, 4.69) is 17.1 Å². The SMILES string of the molecule is CCC(C)N(CCC(=O)NCCN1CCCCC1)C(=O)c1cc(C)oc1C. The number of piperidine rings is 1. The zero-order valence-electron chi connectivity index (χ0n) is 17.3. The highest BCUT2D eigenvalue weighted by Gasteiger charge is 2.24. The fraction of sp³-hybridized carbons (Fsp3) is 0.714. The van der Waals surface area contributed by atoms with Gasteiger partial charge in [-0.2, -0.15) is 0 Å². The Kier molecular flexibility index (Phi) is 8.35. The standard InChI is InChI=1S/C21H35N3O3/c1-5-16(2)24(21(26)19-15-17(3)27-18(19)4)13-9-20(25)22-10-14-23-11-7-6-8-12-23/h15-16H,5-14H2,1-4H3,(H,22,25). The van der Waals surface area contributed by atoms with Crippen molar-refractivity contribution in [2.24, 2.45) is 0 Å². The number of carbonyl (C=O) groups excluding carboxylic acids is 2. The molecule has 0 saturated carbocycles. The van der Waals surface area contributed by atoms with Gasteiger partial charge in [0.05, 0.1) is 5.56 Å². The molecule has 1 fully saturated rings. The van der Waals surface area contributed by atoms with Crippen LogP contribution in [-0.2, 0) is 4.79 Å². The predicted octanol–water partition coefficient (Wildman–Crippen LogP) is 3.13. The molecule has 2 amide bonds. The maximum Gasteiger partial charge on any atom is 0.257 e. The van der Waals surface area contributed by atoms with E-state index in [1.54, 1.807) is 11.0 Å². The van der Waals surface area contributed by atoms with Crippen LogP contribution in [0.25, 0.3) is 0 Å². The van der Waals surface area contributed by atoms with Crippen LogP contribution < -0.4 is 5.32 Å². The highest BCUT2D eigenvalue weighted by Crippen LogP contribution is 2.18. The highest BCUT2D eigenvalue weighted by atomic mass is 16.3. The molecule has 152 valence electrons. The number of hydrogen-bond donors (Lipinski definition) is 1. The average molecular weight is 378 g/mol. The molecule has 6 heteroatoms. The second-order valence-electron chi connectivity index (χ2n) is 7.58. The molecule has 27 heavy (non-hydrogen) atoms. The van der Waals surface area contributed by atoms with Crippen molar-refractivity contribution in [2.75, 3.05) is 32.7 Å². The van der Waals surface area contributed by atoms with Crippen LogP contribution in [-0.4, -0.2) is 60.4 Å². The lowest BCUT2D eigenvalue weighted by Gasteiger charge is -2.28. The fourth-order valence-electron chi connectivity index (χ4n) is 3.59. The molecule has 1 aromatic rings. The molecular formula is C21H35N3O3. The first-order chi connectivity index (χ1) is 12.9. The first kappa shape index (κ1) is 21.5. The van der Waals surface area contributed by atoms with Gasteiger partial charge in [0.2, 0.25) is 5.91 Å². The fourth-order valence-corrected chi connectivity index (χ4v) is 3.59. The molecule has 1 unspecified atom stereocenters. The number of nitrogens with zero attached hydrogens (tertiary/aromatic N) is 2. The van der Waals surface area contributed by atoms with Crippen molar-refractivity contribution in [3.8, 4) is 0 Å². The Morgan fingerprint density at radius 3 is 2.56 bits per heavy atom. The number of hydrogen-bond acceptors (Lipinski definition) is 4. The zero-order chi connectivity index (χ0) is 19.8. The minimum absolute atomic E-state index is 0.00760. The summed E-state index contributed by atoms with van der Waals surface area (Å²) in [5.41, 5.74) is 0.596. The number of nitrogens with one attached hydrogen (secondary N) is 1. The number of furan rings is 1. The third-order valence-corrected chi connectivity index (χ3v) is 5.43. The Bertz CT molecular complexity index is 620. The Balaban J connectivity index is 1.83. The van der Waals surface area contributed by atoms with Gasteiger partial charge in [-0.15, -0.1) is 0 Å². The summed E-state index contributed by atoms with van der Waals surface area (Å²) >= 11 is 0. The van der Waals surface area contributed by atoms with E-state index in [1.165, 1.54) is 19.3 Å². The van der Waals surface area contributed by atoms with Crippen LogP contribution in [0.1, 0.15) is 67.8 Å². The number of likely N-dealkylation sites (tertiary alicyclic amines) is 1. The van der Waals surface area contributed by atoms with Crippen LogP contribution in [0.5, 0.6) is 0 Å². The monoisotopic (exact) mass is 377 g/mol. The van der Waals surface area contributed by atoms with E-state index in [4.69, 9.17) is 4.42 Å². The maximum atomic E-state index is 12.9. The summed E-state index contributed by atoms with van der Waals surface area (Å²) in [5, 5.41) is 3.00. The van der Waals surface area contributed by atoms with Crippen molar-refractivity contribution in [3.05, 3.63) is 23.2 Å². The lowest BCUT2D eigenvalue weighted by molar-refractivity contribution is -0.121. The maximum absolute atomic E-state index is 12.9. The molecule has 1 aliphatic rings. The van der Waals surface area contributed by atoms with E-state index in [-0.39, 0.29) is 17.9 Å². The molecule has 0 aliphatic carbocycles. The first-order valence-electron chi connectivity index (χ1n) is 10.3. The van der Waals surface area contributed by atoms with Crippen molar-refractivity contribution in [1.82, 2.24) is 15.1 Å². The molecule has 0 bridgehead atoms. The van der Waals surface area contributed by atoms with Gasteiger partial charge >= 0.3 is 0 Å². The summed E-state index contributed by atoms with van der Waals surface area (Å²) in [5.74, 6) is 1.32. The van der Waals surface area contributed by atoms with Crippen molar-refractivity contribution in [1.29, 1.82) is 0 Å². The molecular weight excluding hydrogens is 342 g/mol. The minimum Gasteiger partial charge on any atom is -0.466 e. The third kappa shape index (κ3) is 6.38. The van der Waals surface area contributed by atoms with E-state index < -0.39 is 0 Å². The molecule has 6 nitrogen and oxygen atoms in total. The van der Waals surface area contributed by atoms with Gasteiger partial charge < -0.3 is 19.5 Å². The first-order valence-corrected chi connectivity index (χ1v) is 10.3. The molecule has 0 aromatic carbocycles. The zero-order valence-corrected chi connectivity index (χ0v) is 17.3. The molecule has 1 aliphatic heterocycles. The van der Waals surface area contributed by atoms with E-state index >= 15 is 0 Å². The summed E-state index contributed by atoms with van der Waals surface area (Å²) in [4.78, 5) is 29.4. The number of carbonyl (C=O) groups is 2. The summed E-state index contributed by atoms with van der Waals surface area (Å²) in [7, 11) is 0. The predicted molar refractivity (Wildman–Crippen MR) is 107 cm³/mol.